The van der Waals surface area contributed by atoms with E-state index in [0.717, 1.165) is 17.9 Å². The van der Waals surface area contributed by atoms with Crippen LogP contribution in [0.25, 0.3) is 0 Å². The summed E-state index contributed by atoms with van der Waals surface area (Å²) in [4.78, 5) is 2.07. The second-order valence-corrected chi connectivity index (χ2v) is 3.99. The minimum atomic E-state index is 0.663. The summed E-state index contributed by atoms with van der Waals surface area (Å²) in [6.07, 6.45) is 0. The summed E-state index contributed by atoms with van der Waals surface area (Å²) in [5.41, 5.74) is 1.16. The molecule has 0 heterocycles. The van der Waals surface area contributed by atoms with Crippen molar-refractivity contribution in [3.8, 4) is 5.75 Å². The van der Waals surface area contributed by atoms with Gasteiger partial charge in [-0.05, 0) is 38.7 Å². The first-order valence-electron chi connectivity index (χ1n) is 4.63. The van der Waals surface area contributed by atoms with E-state index in [2.05, 4.69) is 4.90 Å². The minimum Gasteiger partial charge on any atom is -0.491 e. The summed E-state index contributed by atoms with van der Waals surface area (Å²) in [6.45, 7) is 3.58. The van der Waals surface area contributed by atoms with E-state index in [4.69, 9.17) is 16.3 Å². The Balaban J connectivity index is 2.53. The third-order valence-corrected chi connectivity index (χ3v) is 2.20. The number of aryl methyl sites for hydroxylation is 1. The van der Waals surface area contributed by atoms with Crippen molar-refractivity contribution in [2.45, 2.75) is 6.92 Å². The molecule has 0 aromatic heterocycles. The van der Waals surface area contributed by atoms with Gasteiger partial charge in [0.1, 0.15) is 12.4 Å². The molecule has 0 aliphatic heterocycles. The molecule has 0 atom stereocenters. The number of benzene rings is 1. The maximum absolute atomic E-state index is 5.97. The van der Waals surface area contributed by atoms with E-state index in [1.54, 1.807) is 0 Å². The number of nitrogens with zero attached hydrogens (tertiary/aromatic N) is 1. The highest BCUT2D eigenvalue weighted by Gasteiger charge is 2.01. The Hall–Kier alpha value is -0.730. The quantitative estimate of drug-likeness (QED) is 0.763. The smallest absolute Gasteiger partial charge is 0.138 e. The molecule has 1 rings (SSSR count). The molecule has 0 aliphatic rings. The highest BCUT2D eigenvalue weighted by Crippen LogP contribution is 2.24. The lowest BCUT2D eigenvalue weighted by Gasteiger charge is -2.12. The number of hydrogen-bond donors (Lipinski definition) is 0. The van der Waals surface area contributed by atoms with Crippen LogP contribution in [-0.4, -0.2) is 32.1 Å². The van der Waals surface area contributed by atoms with Crippen LogP contribution in [0.1, 0.15) is 5.56 Å². The molecular formula is C11H16ClNO. The lowest BCUT2D eigenvalue weighted by molar-refractivity contribution is 0.261. The van der Waals surface area contributed by atoms with Crippen LogP contribution < -0.4 is 4.74 Å². The summed E-state index contributed by atoms with van der Waals surface area (Å²) in [7, 11) is 4.03. The van der Waals surface area contributed by atoms with Gasteiger partial charge in [-0.1, -0.05) is 17.7 Å². The average molecular weight is 214 g/mol. The molecule has 0 spiro atoms. The van der Waals surface area contributed by atoms with Crippen LogP contribution in [0.4, 0.5) is 0 Å². The van der Waals surface area contributed by atoms with Crippen LogP contribution in [0, 0.1) is 6.92 Å². The Labute approximate surface area is 90.4 Å². The predicted octanol–water partition coefficient (Wildman–Crippen LogP) is 2.59. The summed E-state index contributed by atoms with van der Waals surface area (Å²) in [5, 5.41) is 0.675. The topological polar surface area (TPSA) is 12.5 Å². The van der Waals surface area contributed by atoms with Crippen LogP contribution in [0.15, 0.2) is 18.2 Å². The number of rotatable bonds is 4. The predicted molar refractivity (Wildman–Crippen MR) is 60.2 cm³/mol. The van der Waals surface area contributed by atoms with Gasteiger partial charge < -0.3 is 9.64 Å². The molecule has 0 aliphatic carbocycles. The van der Waals surface area contributed by atoms with Crippen LogP contribution in [0.3, 0.4) is 0 Å². The van der Waals surface area contributed by atoms with Crippen molar-refractivity contribution in [2.75, 3.05) is 27.2 Å². The number of likely N-dealkylation sites (N-methyl/N-ethyl adjacent to an activating group) is 1. The van der Waals surface area contributed by atoms with Gasteiger partial charge in [0.15, 0.2) is 0 Å². The monoisotopic (exact) mass is 213 g/mol. The molecule has 0 fully saturated rings. The maximum atomic E-state index is 5.97. The molecule has 1 aromatic rings. The first kappa shape index (κ1) is 11.3. The fourth-order valence-corrected chi connectivity index (χ4v) is 1.23. The van der Waals surface area contributed by atoms with Gasteiger partial charge in [-0.2, -0.15) is 0 Å². The zero-order chi connectivity index (χ0) is 10.6. The van der Waals surface area contributed by atoms with Crippen LogP contribution >= 0.6 is 11.6 Å². The van der Waals surface area contributed by atoms with Gasteiger partial charge in [-0.3, -0.25) is 0 Å². The van der Waals surface area contributed by atoms with Crippen molar-refractivity contribution in [3.63, 3.8) is 0 Å². The third-order valence-electron chi connectivity index (χ3n) is 1.88. The average Bonchev–Trinajstić information content (AvgIpc) is 2.10. The highest BCUT2D eigenvalue weighted by molar-refractivity contribution is 6.32. The molecule has 1 aromatic carbocycles. The minimum absolute atomic E-state index is 0.663. The molecule has 0 saturated heterocycles. The maximum Gasteiger partial charge on any atom is 0.138 e. The number of hydrogen-bond acceptors (Lipinski definition) is 2. The standard InChI is InChI=1S/C11H16ClNO/c1-9-4-5-10(12)11(8-9)14-7-6-13(2)3/h4-5,8H,6-7H2,1-3H3. The summed E-state index contributed by atoms with van der Waals surface area (Å²) < 4.78 is 5.55. The summed E-state index contributed by atoms with van der Waals surface area (Å²) >= 11 is 5.97. The first-order valence-corrected chi connectivity index (χ1v) is 5.01. The Bertz CT molecular complexity index is 299. The van der Waals surface area contributed by atoms with Gasteiger partial charge in [0.2, 0.25) is 0 Å². The van der Waals surface area contributed by atoms with Crippen LogP contribution in [0.2, 0.25) is 5.02 Å². The van der Waals surface area contributed by atoms with E-state index in [1.165, 1.54) is 0 Å². The van der Waals surface area contributed by atoms with Crippen LogP contribution in [-0.2, 0) is 0 Å². The highest BCUT2D eigenvalue weighted by atomic mass is 35.5. The molecule has 2 nitrogen and oxygen atoms in total. The van der Waals surface area contributed by atoms with Crippen molar-refractivity contribution >= 4 is 11.6 Å². The Morgan fingerprint density at radius 2 is 2.07 bits per heavy atom. The first-order chi connectivity index (χ1) is 6.59. The van der Waals surface area contributed by atoms with Crippen LogP contribution in [0.5, 0.6) is 5.75 Å². The fourth-order valence-electron chi connectivity index (χ4n) is 1.06. The SMILES string of the molecule is Cc1ccc(Cl)c(OCCN(C)C)c1. The Morgan fingerprint density at radius 1 is 1.36 bits per heavy atom. The molecule has 3 heteroatoms. The molecule has 0 bridgehead atoms. The summed E-state index contributed by atoms with van der Waals surface area (Å²) in [5.74, 6) is 0.772. The van der Waals surface area contributed by atoms with E-state index < -0.39 is 0 Å². The number of halogens is 1. The number of ether oxygens (including phenoxy) is 1. The van der Waals surface area contributed by atoms with Crippen molar-refractivity contribution in [2.24, 2.45) is 0 Å². The molecule has 0 unspecified atom stereocenters. The van der Waals surface area contributed by atoms with E-state index in [0.29, 0.717) is 11.6 Å². The fraction of sp³-hybridized carbons (Fsp3) is 0.455. The molecule has 78 valence electrons. The van der Waals surface area contributed by atoms with Gasteiger partial charge in [0.25, 0.3) is 0 Å². The Kier molecular flexibility index (Phi) is 4.23. The van der Waals surface area contributed by atoms with Crippen molar-refractivity contribution in [1.29, 1.82) is 0 Å². The lowest BCUT2D eigenvalue weighted by Crippen LogP contribution is -2.19. The van der Waals surface area contributed by atoms with Gasteiger partial charge in [0.05, 0.1) is 5.02 Å². The largest absolute Gasteiger partial charge is 0.491 e. The zero-order valence-electron chi connectivity index (χ0n) is 8.88. The normalized spacial score (nSPS) is 10.6. The second-order valence-electron chi connectivity index (χ2n) is 3.59. The second kappa shape index (κ2) is 5.23. The van der Waals surface area contributed by atoms with Gasteiger partial charge >= 0.3 is 0 Å². The van der Waals surface area contributed by atoms with E-state index in [-0.39, 0.29) is 0 Å². The van der Waals surface area contributed by atoms with E-state index in [1.807, 2.05) is 39.2 Å². The van der Waals surface area contributed by atoms with E-state index in [9.17, 15) is 0 Å². The molecule has 0 amide bonds. The Morgan fingerprint density at radius 3 is 2.71 bits per heavy atom. The molecule has 0 N–H and O–H groups in total. The zero-order valence-corrected chi connectivity index (χ0v) is 9.64. The third kappa shape index (κ3) is 3.56. The molecule has 14 heavy (non-hydrogen) atoms. The molecular weight excluding hydrogens is 198 g/mol. The molecule has 0 radical (unpaired) electrons. The van der Waals surface area contributed by atoms with Gasteiger partial charge in [-0.25, -0.2) is 0 Å². The van der Waals surface area contributed by atoms with Gasteiger partial charge in [0, 0.05) is 6.54 Å². The van der Waals surface area contributed by atoms with Crippen molar-refractivity contribution < 1.29 is 4.74 Å². The van der Waals surface area contributed by atoms with E-state index >= 15 is 0 Å². The van der Waals surface area contributed by atoms with Gasteiger partial charge in [-0.15, -0.1) is 0 Å². The lowest BCUT2D eigenvalue weighted by atomic mass is 10.2. The van der Waals surface area contributed by atoms with Crippen molar-refractivity contribution in [1.82, 2.24) is 4.90 Å². The van der Waals surface area contributed by atoms with Crippen molar-refractivity contribution in [3.05, 3.63) is 28.8 Å². The molecule has 0 saturated carbocycles. The summed E-state index contributed by atoms with van der Waals surface area (Å²) in [6, 6.07) is 5.79.